The molecule has 2 aromatic heterocycles. The number of fused-ring (bicyclic) bond motifs is 1. The molecule has 27 heavy (non-hydrogen) atoms. The van der Waals surface area contributed by atoms with Gasteiger partial charge in [-0.1, -0.05) is 0 Å². The summed E-state index contributed by atoms with van der Waals surface area (Å²) >= 11 is 0. The summed E-state index contributed by atoms with van der Waals surface area (Å²) in [4.78, 5) is 42.5. The number of aliphatic carboxylic acids is 1. The van der Waals surface area contributed by atoms with E-state index in [-0.39, 0.29) is 23.9 Å². The third-order valence-corrected chi connectivity index (χ3v) is 5.79. The molecule has 0 radical (unpaired) electrons. The van der Waals surface area contributed by atoms with Crippen molar-refractivity contribution in [3.05, 3.63) is 27.2 Å². The molecule has 2 aromatic rings. The third-order valence-electron chi connectivity index (χ3n) is 5.79. The van der Waals surface area contributed by atoms with Crippen molar-refractivity contribution in [2.24, 2.45) is 13.0 Å². The van der Waals surface area contributed by atoms with E-state index in [1.54, 1.807) is 16.6 Å². The fraction of sp³-hybridized carbons (Fsp3) is 0.579. The molecule has 146 valence electrons. The molecule has 1 aliphatic heterocycles. The summed E-state index contributed by atoms with van der Waals surface area (Å²) in [5.41, 5.74) is 2.99. The number of carbonyl (C=O) groups excluding carboxylic acids is 1. The Balaban J connectivity index is 1.80. The van der Waals surface area contributed by atoms with Crippen LogP contribution in [0.25, 0.3) is 11.0 Å². The number of hydrogen-bond acceptors (Lipinski definition) is 4. The van der Waals surface area contributed by atoms with Gasteiger partial charge in [-0.05, 0) is 51.2 Å². The summed E-state index contributed by atoms with van der Waals surface area (Å²) in [6.45, 7) is 6.17. The molecule has 1 amide bonds. The van der Waals surface area contributed by atoms with Gasteiger partial charge in [-0.3, -0.25) is 24.2 Å². The van der Waals surface area contributed by atoms with Crippen LogP contribution in [0.15, 0.2) is 4.79 Å². The Kier molecular flexibility index (Phi) is 5.08. The van der Waals surface area contributed by atoms with Gasteiger partial charge in [0, 0.05) is 31.7 Å². The Hall–Kier alpha value is -2.64. The fourth-order valence-corrected chi connectivity index (χ4v) is 4.22. The Labute approximate surface area is 157 Å². The average molecular weight is 374 g/mol. The number of carbonyl (C=O) groups is 2. The Morgan fingerprint density at radius 2 is 2.04 bits per heavy atom. The van der Waals surface area contributed by atoms with Crippen molar-refractivity contribution in [3.8, 4) is 0 Å². The first-order chi connectivity index (χ1) is 12.7. The molecule has 2 atom stereocenters. The molecule has 0 bridgehead atoms. The predicted octanol–water partition coefficient (Wildman–Crippen LogP) is 1.52. The zero-order chi connectivity index (χ0) is 19.9. The van der Waals surface area contributed by atoms with E-state index in [1.165, 1.54) is 0 Å². The molecule has 0 aliphatic carbocycles. The van der Waals surface area contributed by atoms with E-state index in [9.17, 15) is 19.5 Å². The smallest absolute Gasteiger partial charge is 0.308 e. The topological polar surface area (TPSA) is 108 Å². The van der Waals surface area contributed by atoms with Gasteiger partial charge in [0.25, 0.3) is 5.56 Å². The zero-order valence-corrected chi connectivity index (χ0v) is 16.2. The molecular weight excluding hydrogens is 348 g/mol. The highest BCUT2D eigenvalue weighted by Gasteiger charge is 2.35. The van der Waals surface area contributed by atoms with Crippen LogP contribution in [0.1, 0.15) is 43.0 Å². The SMILES string of the molecule is Cc1nc2c(c(C)c1CCC(=O)N1CCC[C@@H](C(=O)O)[C@H]1C)c(=O)[nH]n2C. The molecule has 1 saturated heterocycles. The fourth-order valence-electron chi connectivity index (χ4n) is 4.22. The van der Waals surface area contributed by atoms with Crippen molar-refractivity contribution in [2.75, 3.05) is 6.54 Å². The van der Waals surface area contributed by atoms with Gasteiger partial charge in [-0.2, -0.15) is 0 Å². The number of pyridine rings is 1. The molecule has 3 rings (SSSR count). The van der Waals surface area contributed by atoms with Crippen LogP contribution in [-0.2, 0) is 23.1 Å². The maximum atomic E-state index is 12.7. The minimum atomic E-state index is -0.843. The average Bonchev–Trinajstić information content (AvgIpc) is 2.88. The molecule has 0 unspecified atom stereocenters. The van der Waals surface area contributed by atoms with Gasteiger partial charge in [0.15, 0.2) is 5.65 Å². The predicted molar refractivity (Wildman–Crippen MR) is 101 cm³/mol. The van der Waals surface area contributed by atoms with Crippen molar-refractivity contribution in [1.82, 2.24) is 19.7 Å². The van der Waals surface area contributed by atoms with Crippen LogP contribution in [0.5, 0.6) is 0 Å². The van der Waals surface area contributed by atoms with Gasteiger partial charge in [0.2, 0.25) is 5.91 Å². The maximum Gasteiger partial charge on any atom is 0.308 e. The van der Waals surface area contributed by atoms with Gasteiger partial charge < -0.3 is 10.0 Å². The number of aromatic nitrogens is 3. The number of nitrogens with one attached hydrogen (secondary N) is 1. The number of piperidine rings is 1. The van der Waals surface area contributed by atoms with Crippen molar-refractivity contribution < 1.29 is 14.7 Å². The lowest BCUT2D eigenvalue weighted by Gasteiger charge is -2.37. The number of hydrogen-bond donors (Lipinski definition) is 2. The van der Waals surface area contributed by atoms with E-state index in [1.807, 2.05) is 20.8 Å². The van der Waals surface area contributed by atoms with E-state index < -0.39 is 11.9 Å². The van der Waals surface area contributed by atoms with Gasteiger partial charge in [-0.25, -0.2) is 4.98 Å². The largest absolute Gasteiger partial charge is 0.481 e. The quantitative estimate of drug-likeness (QED) is 0.843. The van der Waals surface area contributed by atoms with Gasteiger partial charge in [0.1, 0.15) is 0 Å². The van der Waals surface area contributed by atoms with Gasteiger partial charge in [-0.15, -0.1) is 0 Å². The number of rotatable bonds is 4. The van der Waals surface area contributed by atoms with Crippen molar-refractivity contribution in [2.45, 2.75) is 52.5 Å². The standard InChI is InChI=1S/C19H26N4O4/c1-10-13(11(2)20-17-16(10)18(25)21-22(17)4)7-8-15(24)23-9-5-6-14(12(23)3)19(26)27/h12,14H,5-9H2,1-4H3,(H,21,25)(H,26,27)/t12-,14-/m1/s1. The van der Waals surface area contributed by atoms with Crippen LogP contribution in [0.3, 0.4) is 0 Å². The van der Waals surface area contributed by atoms with E-state index in [0.29, 0.717) is 36.8 Å². The summed E-state index contributed by atoms with van der Waals surface area (Å²) < 4.78 is 1.61. The number of H-pyrrole nitrogens is 1. The minimum Gasteiger partial charge on any atom is -0.481 e. The molecule has 8 heteroatoms. The Morgan fingerprint density at radius 3 is 2.70 bits per heavy atom. The van der Waals surface area contributed by atoms with Crippen molar-refractivity contribution in [1.29, 1.82) is 0 Å². The summed E-state index contributed by atoms with van der Waals surface area (Å²) in [5.74, 6) is -1.40. The lowest BCUT2D eigenvalue weighted by molar-refractivity contribution is -0.149. The van der Waals surface area contributed by atoms with Gasteiger partial charge in [0.05, 0.1) is 11.3 Å². The summed E-state index contributed by atoms with van der Waals surface area (Å²) in [6.07, 6.45) is 2.07. The highest BCUT2D eigenvalue weighted by Crippen LogP contribution is 2.26. The second kappa shape index (κ2) is 7.17. The second-order valence-corrected chi connectivity index (χ2v) is 7.41. The molecule has 8 nitrogen and oxygen atoms in total. The van der Waals surface area contributed by atoms with Crippen LogP contribution >= 0.6 is 0 Å². The van der Waals surface area contributed by atoms with E-state index in [2.05, 4.69) is 10.1 Å². The lowest BCUT2D eigenvalue weighted by atomic mass is 9.89. The van der Waals surface area contributed by atoms with E-state index in [0.717, 1.165) is 16.8 Å². The molecular formula is C19H26N4O4. The van der Waals surface area contributed by atoms with Crippen LogP contribution in [-0.4, -0.2) is 49.2 Å². The zero-order valence-electron chi connectivity index (χ0n) is 16.2. The lowest BCUT2D eigenvalue weighted by Crippen LogP contribution is -2.49. The van der Waals surface area contributed by atoms with Crippen LogP contribution < -0.4 is 5.56 Å². The molecule has 1 aliphatic rings. The molecule has 3 heterocycles. The number of aromatic amines is 1. The molecule has 0 aromatic carbocycles. The van der Waals surface area contributed by atoms with E-state index >= 15 is 0 Å². The summed E-state index contributed by atoms with van der Waals surface area (Å²) in [7, 11) is 1.75. The molecule has 0 spiro atoms. The van der Waals surface area contributed by atoms with Crippen LogP contribution in [0.2, 0.25) is 0 Å². The number of likely N-dealkylation sites (tertiary alicyclic amines) is 1. The first-order valence-electron chi connectivity index (χ1n) is 9.29. The number of aryl methyl sites for hydroxylation is 3. The molecule has 2 N–H and O–H groups in total. The summed E-state index contributed by atoms with van der Waals surface area (Å²) in [5, 5.41) is 12.6. The molecule has 1 fully saturated rings. The van der Waals surface area contributed by atoms with Crippen molar-refractivity contribution >= 4 is 22.9 Å². The monoisotopic (exact) mass is 374 g/mol. The van der Waals surface area contributed by atoms with Crippen molar-refractivity contribution in [3.63, 3.8) is 0 Å². The molecule has 0 saturated carbocycles. The number of carboxylic acids is 1. The second-order valence-electron chi connectivity index (χ2n) is 7.41. The minimum absolute atomic E-state index is 0.0469. The first-order valence-corrected chi connectivity index (χ1v) is 9.29. The van der Waals surface area contributed by atoms with Crippen LogP contribution in [0, 0.1) is 19.8 Å². The van der Waals surface area contributed by atoms with Gasteiger partial charge >= 0.3 is 5.97 Å². The number of amides is 1. The Morgan fingerprint density at radius 1 is 1.33 bits per heavy atom. The highest BCUT2D eigenvalue weighted by atomic mass is 16.4. The van der Waals surface area contributed by atoms with Crippen LogP contribution in [0.4, 0.5) is 0 Å². The normalized spacial score (nSPS) is 20.2. The highest BCUT2D eigenvalue weighted by molar-refractivity contribution is 5.81. The maximum absolute atomic E-state index is 12.7. The third kappa shape index (κ3) is 3.36. The number of nitrogens with zero attached hydrogens (tertiary/aromatic N) is 3. The summed E-state index contributed by atoms with van der Waals surface area (Å²) in [6, 6.07) is -0.302. The Bertz CT molecular complexity index is 959. The first kappa shape index (κ1) is 19.1. The number of carboxylic acid groups (broad SMARTS) is 1. The van der Waals surface area contributed by atoms with E-state index in [4.69, 9.17) is 0 Å².